The van der Waals surface area contributed by atoms with Crippen LogP contribution in [0.3, 0.4) is 0 Å². The van der Waals surface area contributed by atoms with Crippen molar-refractivity contribution in [2.75, 3.05) is 24.2 Å². The van der Waals surface area contributed by atoms with Gasteiger partial charge in [0.15, 0.2) is 5.16 Å². The van der Waals surface area contributed by atoms with Crippen LogP contribution in [0.15, 0.2) is 35.5 Å². The zero-order valence-corrected chi connectivity index (χ0v) is 14.1. The molecule has 7 heteroatoms. The number of benzene rings is 1. The second-order valence-corrected chi connectivity index (χ2v) is 6.23. The van der Waals surface area contributed by atoms with Gasteiger partial charge in [-0.3, -0.25) is 4.79 Å². The van der Waals surface area contributed by atoms with E-state index in [1.807, 2.05) is 24.1 Å². The number of carbonyl (C=O) groups excluding carboxylic acids is 1. The number of aromatic nitrogens is 2. The van der Waals surface area contributed by atoms with Crippen LogP contribution in [0.25, 0.3) is 0 Å². The molecule has 0 radical (unpaired) electrons. The number of amides is 1. The van der Waals surface area contributed by atoms with E-state index in [-0.39, 0.29) is 12.3 Å². The summed E-state index contributed by atoms with van der Waals surface area (Å²) in [5.74, 6) is 1.54. The normalized spacial score (nSPS) is 10.5. The standard InChI is InChI=1S/C16H21N5OS/c1-11-5-3-4-6-12(11)10-23-16-19-13(17)9-15(20-16)21(2)8-7-14(18)22/h3-6,9H,7-8,10H2,1-2H3,(H2,18,22)(H2,17,19,20). The monoisotopic (exact) mass is 331 g/mol. The van der Waals surface area contributed by atoms with Crippen molar-refractivity contribution in [3.8, 4) is 0 Å². The molecule has 0 unspecified atom stereocenters. The lowest BCUT2D eigenvalue weighted by Crippen LogP contribution is -2.25. The van der Waals surface area contributed by atoms with E-state index in [0.717, 1.165) is 5.75 Å². The quantitative estimate of drug-likeness (QED) is 0.594. The molecule has 1 aromatic heterocycles. The molecule has 4 N–H and O–H groups in total. The molecule has 0 aliphatic rings. The predicted molar refractivity (Wildman–Crippen MR) is 94.3 cm³/mol. The van der Waals surface area contributed by atoms with Gasteiger partial charge in [0, 0.05) is 31.8 Å². The summed E-state index contributed by atoms with van der Waals surface area (Å²) in [6, 6.07) is 9.91. The molecule has 0 spiro atoms. The van der Waals surface area contributed by atoms with Gasteiger partial charge < -0.3 is 16.4 Å². The Kier molecular flexibility index (Phi) is 5.81. The molecular formula is C16H21N5OS. The molecule has 1 aromatic carbocycles. The zero-order valence-electron chi connectivity index (χ0n) is 13.3. The van der Waals surface area contributed by atoms with E-state index in [1.165, 1.54) is 22.9 Å². The van der Waals surface area contributed by atoms with Crippen molar-refractivity contribution in [2.45, 2.75) is 24.3 Å². The van der Waals surface area contributed by atoms with Gasteiger partial charge in [0.2, 0.25) is 5.91 Å². The minimum Gasteiger partial charge on any atom is -0.383 e. The molecule has 6 nitrogen and oxygen atoms in total. The summed E-state index contributed by atoms with van der Waals surface area (Å²) >= 11 is 1.54. The van der Waals surface area contributed by atoms with Crippen molar-refractivity contribution in [1.82, 2.24) is 9.97 Å². The average Bonchev–Trinajstić information content (AvgIpc) is 2.51. The Labute approximate surface area is 140 Å². The van der Waals surface area contributed by atoms with Gasteiger partial charge in [-0.05, 0) is 18.1 Å². The van der Waals surface area contributed by atoms with Crippen LogP contribution in [0.4, 0.5) is 11.6 Å². The number of nitrogen functional groups attached to an aromatic ring is 1. The highest BCUT2D eigenvalue weighted by Gasteiger charge is 2.09. The average molecular weight is 331 g/mol. The van der Waals surface area contributed by atoms with E-state index in [0.29, 0.717) is 23.3 Å². The molecule has 2 rings (SSSR count). The first-order valence-corrected chi connectivity index (χ1v) is 8.25. The van der Waals surface area contributed by atoms with Gasteiger partial charge in [-0.2, -0.15) is 0 Å². The number of nitrogens with two attached hydrogens (primary N) is 2. The van der Waals surface area contributed by atoms with Crippen LogP contribution in [0, 0.1) is 6.92 Å². The molecule has 2 aromatic rings. The van der Waals surface area contributed by atoms with E-state index in [9.17, 15) is 4.79 Å². The van der Waals surface area contributed by atoms with Crippen molar-refractivity contribution in [2.24, 2.45) is 5.73 Å². The first-order valence-electron chi connectivity index (χ1n) is 7.27. The van der Waals surface area contributed by atoms with E-state index in [2.05, 4.69) is 29.0 Å². The van der Waals surface area contributed by atoms with Crippen molar-refractivity contribution in [3.63, 3.8) is 0 Å². The highest BCUT2D eigenvalue weighted by atomic mass is 32.2. The summed E-state index contributed by atoms with van der Waals surface area (Å²) in [5.41, 5.74) is 13.5. The molecule has 0 bridgehead atoms. The van der Waals surface area contributed by atoms with Crippen LogP contribution in [0.1, 0.15) is 17.5 Å². The number of aryl methyl sites for hydroxylation is 1. The molecule has 23 heavy (non-hydrogen) atoms. The summed E-state index contributed by atoms with van der Waals surface area (Å²) in [5, 5.41) is 0.620. The number of anilines is 2. The molecular weight excluding hydrogens is 310 g/mol. The number of thioether (sulfide) groups is 1. The Balaban J connectivity index is 2.08. The fraction of sp³-hybridized carbons (Fsp3) is 0.312. The Bertz CT molecular complexity index is 692. The van der Waals surface area contributed by atoms with Crippen LogP contribution >= 0.6 is 11.8 Å². The number of hydrogen-bond acceptors (Lipinski definition) is 6. The lowest BCUT2D eigenvalue weighted by atomic mass is 10.1. The molecule has 1 amide bonds. The number of primary amides is 1. The molecule has 0 saturated heterocycles. The lowest BCUT2D eigenvalue weighted by Gasteiger charge is -2.18. The Hall–Kier alpha value is -2.28. The first-order chi connectivity index (χ1) is 11.0. The van der Waals surface area contributed by atoms with Crippen molar-refractivity contribution < 1.29 is 4.79 Å². The fourth-order valence-electron chi connectivity index (χ4n) is 2.00. The predicted octanol–water partition coefficient (Wildman–Crippen LogP) is 1.97. The highest BCUT2D eigenvalue weighted by Crippen LogP contribution is 2.24. The number of carbonyl (C=O) groups is 1. The maximum atomic E-state index is 10.9. The van der Waals surface area contributed by atoms with Gasteiger partial charge in [-0.25, -0.2) is 9.97 Å². The maximum absolute atomic E-state index is 10.9. The minimum atomic E-state index is -0.340. The van der Waals surface area contributed by atoms with Crippen LogP contribution < -0.4 is 16.4 Å². The third kappa shape index (κ3) is 5.14. The molecule has 0 atom stereocenters. The zero-order chi connectivity index (χ0) is 16.8. The molecule has 122 valence electrons. The van der Waals surface area contributed by atoms with Crippen molar-refractivity contribution in [1.29, 1.82) is 0 Å². The smallest absolute Gasteiger partial charge is 0.219 e. The van der Waals surface area contributed by atoms with E-state index < -0.39 is 0 Å². The van der Waals surface area contributed by atoms with Crippen LogP contribution in [0.2, 0.25) is 0 Å². The number of rotatable bonds is 7. The lowest BCUT2D eigenvalue weighted by molar-refractivity contribution is -0.117. The first kappa shape index (κ1) is 17.1. The third-order valence-electron chi connectivity index (χ3n) is 3.41. The fourth-order valence-corrected chi connectivity index (χ4v) is 2.93. The van der Waals surface area contributed by atoms with E-state index in [4.69, 9.17) is 11.5 Å². The maximum Gasteiger partial charge on any atom is 0.219 e. The van der Waals surface area contributed by atoms with Gasteiger partial charge in [0.1, 0.15) is 11.6 Å². The van der Waals surface area contributed by atoms with Gasteiger partial charge in [0.05, 0.1) is 0 Å². The van der Waals surface area contributed by atoms with Gasteiger partial charge in [-0.1, -0.05) is 36.0 Å². The Morgan fingerprint density at radius 1 is 1.30 bits per heavy atom. The second-order valence-electron chi connectivity index (χ2n) is 5.29. The Morgan fingerprint density at radius 3 is 2.74 bits per heavy atom. The molecule has 0 saturated carbocycles. The van der Waals surface area contributed by atoms with Gasteiger partial charge >= 0.3 is 0 Å². The van der Waals surface area contributed by atoms with E-state index >= 15 is 0 Å². The molecule has 1 heterocycles. The van der Waals surface area contributed by atoms with Crippen LogP contribution in [-0.4, -0.2) is 29.5 Å². The minimum absolute atomic E-state index is 0.270. The van der Waals surface area contributed by atoms with Crippen LogP contribution in [0.5, 0.6) is 0 Å². The summed E-state index contributed by atoms with van der Waals surface area (Å²) < 4.78 is 0. The topological polar surface area (TPSA) is 98.1 Å². The van der Waals surface area contributed by atoms with E-state index in [1.54, 1.807) is 6.07 Å². The third-order valence-corrected chi connectivity index (χ3v) is 4.31. The summed E-state index contributed by atoms with van der Waals surface area (Å²) in [6.07, 6.45) is 0.270. The van der Waals surface area contributed by atoms with Gasteiger partial charge in [-0.15, -0.1) is 0 Å². The second kappa shape index (κ2) is 7.82. The van der Waals surface area contributed by atoms with Crippen molar-refractivity contribution >= 4 is 29.3 Å². The summed E-state index contributed by atoms with van der Waals surface area (Å²) in [4.78, 5) is 21.5. The van der Waals surface area contributed by atoms with Crippen molar-refractivity contribution in [3.05, 3.63) is 41.5 Å². The van der Waals surface area contributed by atoms with Gasteiger partial charge in [0.25, 0.3) is 0 Å². The largest absolute Gasteiger partial charge is 0.383 e. The Morgan fingerprint density at radius 2 is 2.04 bits per heavy atom. The summed E-state index contributed by atoms with van der Waals surface area (Å²) in [7, 11) is 1.85. The number of nitrogens with zero attached hydrogens (tertiary/aromatic N) is 3. The molecule has 0 fully saturated rings. The van der Waals surface area contributed by atoms with Crippen LogP contribution in [-0.2, 0) is 10.5 Å². The molecule has 0 aliphatic carbocycles. The molecule has 0 aliphatic heterocycles. The summed E-state index contributed by atoms with van der Waals surface area (Å²) in [6.45, 7) is 2.58. The highest BCUT2D eigenvalue weighted by molar-refractivity contribution is 7.98. The SMILES string of the molecule is Cc1ccccc1CSc1nc(N)cc(N(C)CCC(N)=O)n1. The number of hydrogen-bond donors (Lipinski definition) is 2.